The van der Waals surface area contributed by atoms with Gasteiger partial charge in [-0.05, 0) is 30.7 Å². The van der Waals surface area contributed by atoms with E-state index in [4.69, 9.17) is 0 Å². The average Bonchev–Trinajstić information content (AvgIpc) is 2.16. The highest BCUT2D eigenvalue weighted by atomic mass is 32.2. The van der Waals surface area contributed by atoms with Crippen molar-refractivity contribution in [1.82, 2.24) is 5.32 Å². The first-order chi connectivity index (χ1) is 7.43. The number of hydrogen-bond acceptors (Lipinski definition) is 2. The van der Waals surface area contributed by atoms with Gasteiger partial charge in [-0.2, -0.15) is 0 Å². The van der Waals surface area contributed by atoms with Gasteiger partial charge in [-0.3, -0.25) is 0 Å². The van der Waals surface area contributed by atoms with Crippen LogP contribution in [0.4, 0.5) is 4.39 Å². The van der Waals surface area contributed by atoms with Crippen LogP contribution in [0.1, 0.15) is 20.8 Å². The summed E-state index contributed by atoms with van der Waals surface area (Å²) in [7, 11) is 1.97. The van der Waals surface area contributed by atoms with E-state index in [0.717, 1.165) is 10.6 Å². The quantitative estimate of drug-likeness (QED) is 0.809. The molecule has 1 N–H and O–H groups in total. The lowest BCUT2D eigenvalue weighted by Gasteiger charge is -2.30. The van der Waals surface area contributed by atoms with E-state index in [0.29, 0.717) is 6.04 Å². The summed E-state index contributed by atoms with van der Waals surface area (Å²) >= 11 is 1.69. The van der Waals surface area contributed by atoms with Gasteiger partial charge in [-0.1, -0.05) is 26.8 Å². The summed E-state index contributed by atoms with van der Waals surface area (Å²) in [5.74, 6) is 0.783. The summed E-state index contributed by atoms with van der Waals surface area (Å²) in [6, 6.07) is 7.18. The molecule has 0 saturated carbocycles. The van der Waals surface area contributed by atoms with Gasteiger partial charge in [0.25, 0.3) is 0 Å². The Balaban J connectivity index is 2.56. The molecule has 0 aliphatic rings. The zero-order valence-electron chi connectivity index (χ0n) is 10.4. The molecule has 16 heavy (non-hydrogen) atoms. The molecule has 0 aliphatic heterocycles. The second-order valence-corrected chi connectivity index (χ2v) is 6.07. The molecule has 0 radical (unpaired) electrons. The molecular formula is C13H20FNS. The fraction of sp³-hybridized carbons (Fsp3) is 0.538. The minimum absolute atomic E-state index is 0.165. The molecule has 0 spiro atoms. The third kappa shape index (κ3) is 4.14. The maximum atomic E-state index is 13.0. The monoisotopic (exact) mass is 241 g/mol. The van der Waals surface area contributed by atoms with Crippen LogP contribution >= 0.6 is 11.8 Å². The lowest BCUT2D eigenvalue weighted by Crippen LogP contribution is -2.40. The molecule has 0 bridgehead atoms. The minimum Gasteiger partial charge on any atom is -0.316 e. The molecule has 90 valence electrons. The van der Waals surface area contributed by atoms with Crippen molar-refractivity contribution in [3.05, 3.63) is 30.1 Å². The summed E-state index contributed by atoms with van der Waals surface area (Å²) in [5, 5.41) is 3.31. The van der Waals surface area contributed by atoms with Crippen molar-refractivity contribution in [2.75, 3.05) is 12.8 Å². The van der Waals surface area contributed by atoms with Crippen molar-refractivity contribution in [1.29, 1.82) is 0 Å². The van der Waals surface area contributed by atoms with Gasteiger partial charge in [-0.15, -0.1) is 11.8 Å². The van der Waals surface area contributed by atoms with Gasteiger partial charge < -0.3 is 5.32 Å². The maximum Gasteiger partial charge on any atom is 0.124 e. The fourth-order valence-corrected chi connectivity index (χ4v) is 2.90. The Labute approximate surface area is 102 Å². The summed E-state index contributed by atoms with van der Waals surface area (Å²) < 4.78 is 13.0. The van der Waals surface area contributed by atoms with Gasteiger partial charge in [0, 0.05) is 16.7 Å². The van der Waals surface area contributed by atoms with E-state index < -0.39 is 0 Å². The lowest BCUT2D eigenvalue weighted by atomic mass is 9.88. The standard InChI is InChI=1S/C13H20FNS/c1-13(2,3)12(15-4)9-16-11-7-5-6-10(14)8-11/h5-8,12,15H,9H2,1-4H3. The van der Waals surface area contributed by atoms with Gasteiger partial charge in [0.15, 0.2) is 0 Å². The highest BCUT2D eigenvalue weighted by Crippen LogP contribution is 2.26. The molecule has 0 amide bonds. The van der Waals surface area contributed by atoms with Gasteiger partial charge >= 0.3 is 0 Å². The minimum atomic E-state index is -0.165. The first-order valence-corrected chi connectivity index (χ1v) is 6.47. The molecule has 1 nitrogen and oxygen atoms in total. The number of rotatable bonds is 4. The maximum absolute atomic E-state index is 13.0. The molecule has 1 unspecified atom stereocenters. The third-order valence-electron chi connectivity index (χ3n) is 2.61. The lowest BCUT2D eigenvalue weighted by molar-refractivity contribution is 0.305. The Bertz CT molecular complexity index is 333. The van der Waals surface area contributed by atoms with Crippen molar-refractivity contribution in [2.45, 2.75) is 31.7 Å². The van der Waals surface area contributed by atoms with Crippen LogP contribution in [-0.4, -0.2) is 18.8 Å². The average molecular weight is 241 g/mol. The first kappa shape index (κ1) is 13.5. The van der Waals surface area contributed by atoms with E-state index in [9.17, 15) is 4.39 Å². The third-order valence-corrected chi connectivity index (χ3v) is 3.69. The van der Waals surface area contributed by atoms with E-state index in [1.165, 1.54) is 6.07 Å². The Kier molecular flexibility index (Phi) is 4.81. The zero-order chi connectivity index (χ0) is 12.2. The van der Waals surface area contributed by atoms with Crippen LogP contribution < -0.4 is 5.32 Å². The van der Waals surface area contributed by atoms with Crippen molar-refractivity contribution < 1.29 is 4.39 Å². The Morgan fingerprint density at radius 1 is 1.38 bits per heavy atom. The van der Waals surface area contributed by atoms with E-state index in [1.54, 1.807) is 23.9 Å². The fourth-order valence-electron chi connectivity index (χ4n) is 1.50. The first-order valence-electron chi connectivity index (χ1n) is 5.49. The van der Waals surface area contributed by atoms with E-state index in [2.05, 4.69) is 26.1 Å². The van der Waals surface area contributed by atoms with E-state index in [-0.39, 0.29) is 11.2 Å². The largest absolute Gasteiger partial charge is 0.316 e. The van der Waals surface area contributed by atoms with E-state index >= 15 is 0 Å². The van der Waals surface area contributed by atoms with Gasteiger partial charge in [0.05, 0.1) is 0 Å². The van der Waals surface area contributed by atoms with Gasteiger partial charge in [0.2, 0.25) is 0 Å². The van der Waals surface area contributed by atoms with Crippen molar-refractivity contribution in [3.63, 3.8) is 0 Å². The van der Waals surface area contributed by atoms with Gasteiger partial charge in [0.1, 0.15) is 5.82 Å². The normalized spacial score (nSPS) is 13.8. The number of nitrogens with one attached hydrogen (secondary N) is 1. The van der Waals surface area contributed by atoms with Crippen LogP contribution in [0.15, 0.2) is 29.2 Å². The molecule has 3 heteroatoms. The van der Waals surface area contributed by atoms with Crippen LogP contribution in [0.2, 0.25) is 0 Å². The van der Waals surface area contributed by atoms with Crippen LogP contribution in [0.25, 0.3) is 0 Å². The second-order valence-electron chi connectivity index (χ2n) is 4.98. The smallest absolute Gasteiger partial charge is 0.124 e. The number of hydrogen-bond donors (Lipinski definition) is 1. The Morgan fingerprint density at radius 3 is 2.56 bits per heavy atom. The van der Waals surface area contributed by atoms with Crippen molar-refractivity contribution in [3.8, 4) is 0 Å². The Morgan fingerprint density at radius 2 is 2.06 bits per heavy atom. The van der Waals surface area contributed by atoms with Crippen molar-refractivity contribution >= 4 is 11.8 Å². The molecule has 1 atom stereocenters. The van der Waals surface area contributed by atoms with E-state index in [1.807, 2.05) is 13.1 Å². The highest BCUT2D eigenvalue weighted by molar-refractivity contribution is 7.99. The molecule has 1 rings (SSSR count). The molecule has 1 aromatic carbocycles. The molecule has 0 saturated heterocycles. The SMILES string of the molecule is CNC(CSc1cccc(F)c1)C(C)(C)C. The highest BCUT2D eigenvalue weighted by Gasteiger charge is 2.22. The molecule has 0 heterocycles. The van der Waals surface area contributed by atoms with Crippen LogP contribution in [-0.2, 0) is 0 Å². The molecule has 0 aliphatic carbocycles. The number of halogens is 1. The molecule has 0 aromatic heterocycles. The summed E-state index contributed by atoms with van der Waals surface area (Å²) in [4.78, 5) is 0.990. The van der Waals surface area contributed by atoms with Crippen molar-refractivity contribution in [2.24, 2.45) is 5.41 Å². The summed E-state index contributed by atoms with van der Waals surface area (Å²) in [5.41, 5.74) is 0.217. The predicted molar refractivity (Wildman–Crippen MR) is 69.4 cm³/mol. The second kappa shape index (κ2) is 5.69. The molecule has 1 aromatic rings. The van der Waals surface area contributed by atoms with Crippen LogP contribution in [0.5, 0.6) is 0 Å². The molecular weight excluding hydrogens is 221 g/mol. The Hall–Kier alpha value is -0.540. The van der Waals surface area contributed by atoms with Gasteiger partial charge in [-0.25, -0.2) is 4.39 Å². The number of thioether (sulfide) groups is 1. The summed E-state index contributed by atoms with van der Waals surface area (Å²) in [6.07, 6.45) is 0. The van der Waals surface area contributed by atoms with Crippen LogP contribution in [0.3, 0.4) is 0 Å². The van der Waals surface area contributed by atoms with Crippen LogP contribution in [0, 0.1) is 11.2 Å². The zero-order valence-corrected chi connectivity index (χ0v) is 11.2. The predicted octanol–water partition coefficient (Wildman–Crippen LogP) is 3.55. The topological polar surface area (TPSA) is 12.0 Å². The number of benzene rings is 1. The molecule has 0 fully saturated rings. The summed E-state index contributed by atoms with van der Waals surface area (Å²) in [6.45, 7) is 6.63.